The molecule has 2 nitrogen and oxygen atoms in total. The lowest BCUT2D eigenvalue weighted by Gasteiger charge is -2.19. The van der Waals surface area contributed by atoms with Crippen molar-refractivity contribution in [2.45, 2.75) is 19.4 Å². The molecule has 2 atom stereocenters. The van der Waals surface area contributed by atoms with E-state index in [0.29, 0.717) is 0 Å². The Morgan fingerprint density at radius 2 is 1.85 bits per heavy atom. The first-order valence-electron chi connectivity index (χ1n) is 4.63. The average Bonchev–Trinajstić information content (AvgIpc) is 2.21. The third-order valence-electron chi connectivity index (χ3n) is 2.35. The van der Waals surface area contributed by atoms with Gasteiger partial charge in [-0.2, -0.15) is 0 Å². The van der Waals surface area contributed by atoms with Crippen LogP contribution in [0.25, 0.3) is 0 Å². The number of rotatable bonds is 4. The zero-order valence-corrected chi connectivity index (χ0v) is 7.85. The van der Waals surface area contributed by atoms with Gasteiger partial charge in [0.2, 0.25) is 0 Å². The molecular weight excluding hydrogens is 164 g/mol. The van der Waals surface area contributed by atoms with Gasteiger partial charge in [0.15, 0.2) is 0 Å². The Morgan fingerprint density at radius 3 is 2.31 bits per heavy atom. The van der Waals surface area contributed by atoms with Crippen LogP contribution in [0.5, 0.6) is 0 Å². The maximum absolute atomic E-state index is 9.82. The minimum Gasteiger partial charge on any atom is -0.396 e. The van der Waals surface area contributed by atoms with Crippen LogP contribution >= 0.6 is 0 Å². The van der Waals surface area contributed by atoms with Gasteiger partial charge in [0.05, 0.1) is 6.10 Å². The first-order valence-corrected chi connectivity index (χ1v) is 4.63. The molecule has 2 heteroatoms. The van der Waals surface area contributed by atoms with E-state index in [-0.39, 0.29) is 12.5 Å². The highest BCUT2D eigenvalue weighted by Gasteiger charge is 2.17. The quantitative estimate of drug-likeness (QED) is 0.741. The molecule has 0 bridgehead atoms. The molecule has 1 rings (SSSR count). The van der Waals surface area contributed by atoms with E-state index in [2.05, 4.69) is 0 Å². The number of hydrogen-bond acceptors (Lipinski definition) is 2. The van der Waals surface area contributed by atoms with Crippen LogP contribution in [-0.4, -0.2) is 16.8 Å². The molecule has 0 aliphatic rings. The molecule has 72 valence electrons. The second-order valence-corrected chi connectivity index (χ2v) is 3.21. The summed E-state index contributed by atoms with van der Waals surface area (Å²) in [7, 11) is 0. The lowest BCUT2D eigenvalue weighted by Crippen LogP contribution is -2.15. The summed E-state index contributed by atoms with van der Waals surface area (Å²) < 4.78 is 0. The molecule has 13 heavy (non-hydrogen) atoms. The fourth-order valence-electron chi connectivity index (χ4n) is 1.37. The summed E-state index contributed by atoms with van der Waals surface area (Å²) in [4.78, 5) is 0. The van der Waals surface area contributed by atoms with Crippen molar-refractivity contribution in [3.63, 3.8) is 0 Å². The largest absolute Gasteiger partial charge is 0.396 e. The summed E-state index contributed by atoms with van der Waals surface area (Å²) in [5.74, 6) is -0.0533. The van der Waals surface area contributed by atoms with Crippen molar-refractivity contribution in [2.24, 2.45) is 5.92 Å². The normalized spacial score (nSPS) is 15.3. The first-order chi connectivity index (χ1) is 6.29. The summed E-state index contributed by atoms with van der Waals surface area (Å²) in [5, 5.41) is 18.8. The fraction of sp³-hybridized carbons (Fsp3) is 0.455. The highest BCUT2D eigenvalue weighted by atomic mass is 16.3. The maximum Gasteiger partial charge on any atom is 0.0840 e. The van der Waals surface area contributed by atoms with Crippen LogP contribution in [0.3, 0.4) is 0 Å². The van der Waals surface area contributed by atoms with Crippen LogP contribution in [0.4, 0.5) is 0 Å². The van der Waals surface area contributed by atoms with E-state index in [1.165, 1.54) is 0 Å². The van der Waals surface area contributed by atoms with Crippen molar-refractivity contribution in [3.05, 3.63) is 35.9 Å². The van der Waals surface area contributed by atoms with Crippen LogP contribution in [0, 0.1) is 5.92 Å². The van der Waals surface area contributed by atoms with Crippen molar-refractivity contribution in [1.29, 1.82) is 0 Å². The molecule has 1 aromatic rings. The van der Waals surface area contributed by atoms with E-state index in [4.69, 9.17) is 5.11 Å². The highest BCUT2D eigenvalue weighted by molar-refractivity contribution is 5.17. The molecular formula is C11H16O2. The predicted octanol–water partition coefficient (Wildman–Crippen LogP) is 1.74. The molecule has 0 fully saturated rings. The monoisotopic (exact) mass is 180 g/mol. The van der Waals surface area contributed by atoms with E-state index in [0.717, 1.165) is 12.0 Å². The molecule has 0 unspecified atom stereocenters. The molecule has 2 N–H and O–H groups in total. The zero-order valence-electron chi connectivity index (χ0n) is 7.85. The van der Waals surface area contributed by atoms with E-state index >= 15 is 0 Å². The van der Waals surface area contributed by atoms with E-state index in [1.54, 1.807) is 0 Å². The van der Waals surface area contributed by atoms with Crippen LogP contribution in [0.2, 0.25) is 0 Å². The molecule has 1 aromatic carbocycles. The van der Waals surface area contributed by atoms with Crippen molar-refractivity contribution in [1.82, 2.24) is 0 Å². The lowest BCUT2D eigenvalue weighted by atomic mass is 9.94. The van der Waals surface area contributed by atoms with Crippen molar-refractivity contribution in [2.75, 3.05) is 6.61 Å². The molecule has 0 saturated heterocycles. The second kappa shape index (κ2) is 5.00. The number of benzene rings is 1. The molecule has 0 aliphatic carbocycles. The third-order valence-corrected chi connectivity index (χ3v) is 2.35. The zero-order chi connectivity index (χ0) is 9.68. The minimum absolute atomic E-state index is 0.0343. The summed E-state index contributed by atoms with van der Waals surface area (Å²) in [6.45, 7) is 2.00. The third kappa shape index (κ3) is 2.54. The van der Waals surface area contributed by atoms with Crippen molar-refractivity contribution >= 4 is 0 Å². The van der Waals surface area contributed by atoms with Gasteiger partial charge in [-0.15, -0.1) is 0 Å². The summed E-state index contributed by atoms with van der Waals surface area (Å²) in [5.41, 5.74) is 0.878. The van der Waals surface area contributed by atoms with E-state index in [9.17, 15) is 5.11 Å². The summed E-state index contributed by atoms with van der Waals surface area (Å²) in [6, 6.07) is 9.45. The molecule has 0 amide bonds. The first kappa shape index (κ1) is 10.2. The Balaban J connectivity index is 2.72. The van der Waals surface area contributed by atoms with Gasteiger partial charge in [-0.05, 0) is 12.0 Å². The van der Waals surface area contributed by atoms with Gasteiger partial charge in [-0.1, -0.05) is 37.3 Å². The van der Waals surface area contributed by atoms with Gasteiger partial charge in [-0.3, -0.25) is 0 Å². The lowest BCUT2D eigenvalue weighted by molar-refractivity contribution is 0.0647. The van der Waals surface area contributed by atoms with Gasteiger partial charge in [-0.25, -0.2) is 0 Å². The highest BCUT2D eigenvalue weighted by Crippen LogP contribution is 2.23. The number of aliphatic hydroxyl groups is 2. The maximum atomic E-state index is 9.82. The Bertz CT molecular complexity index is 229. The Morgan fingerprint density at radius 1 is 1.23 bits per heavy atom. The standard InChI is InChI=1S/C11H16O2/c1-2-9(8-12)11(13)10-6-4-3-5-7-10/h3-7,9,11-13H,2,8H2,1H3/t9-,11+/m0/s1. The summed E-state index contributed by atoms with van der Waals surface area (Å²) >= 11 is 0. The van der Waals surface area contributed by atoms with Crippen LogP contribution in [0.15, 0.2) is 30.3 Å². The molecule has 0 heterocycles. The van der Waals surface area contributed by atoms with Crippen LogP contribution in [0.1, 0.15) is 25.0 Å². The Hall–Kier alpha value is -0.860. The van der Waals surface area contributed by atoms with Gasteiger partial charge in [0, 0.05) is 12.5 Å². The fourth-order valence-corrected chi connectivity index (χ4v) is 1.37. The minimum atomic E-state index is -0.545. The SMILES string of the molecule is CC[C@@H](CO)[C@@H](O)c1ccccc1. The second-order valence-electron chi connectivity index (χ2n) is 3.21. The Labute approximate surface area is 78.8 Å². The molecule has 0 spiro atoms. The Kier molecular flexibility index (Phi) is 3.93. The number of aliphatic hydroxyl groups excluding tert-OH is 2. The van der Waals surface area contributed by atoms with Gasteiger partial charge in [0.1, 0.15) is 0 Å². The predicted molar refractivity (Wildman–Crippen MR) is 52.3 cm³/mol. The summed E-state index contributed by atoms with van der Waals surface area (Å²) in [6.07, 6.45) is 0.239. The van der Waals surface area contributed by atoms with Gasteiger partial charge in [0.25, 0.3) is 0 Å². The molecule has 0 aliphatic heterocycles. The van der Waals surface area contributed by atoms with E-state index in [1.807, 2.05) is 37.3 Å². The molecule has 0 aromatic heterocycles. The topological polar surface area (TPSA) is 40.5 Å². The van der Waals surface area contributed by atoms with Crippen LogP contribution in [-0.2, 0) is 0 Å². The van der Waals surface area contributed by atoms with Crippen molar-refractivity contribution < 1.29 is 10.2 Å². The van der Waals surface area contributed by atoms with Gasteiger partial charge < -0.3 is 10.2 Å². The smallest absolute Gasteiger partial charge is 0.0840 e. The van der Waals surface area contributed by atoms with Crippen LogP contribution < -0.4 is 0 Å². The number of hydrogen-bond donors (Lipinski definition) is 2. The average molecular weight is 180 g/mol. The van der Waals surface area contributed by atoms with E-state index < -0.39 is 6.10 Å². The molecule has 0 saturated carbocycles. The van der Waals surface area contributed by atoms with Crippen molar-refractivity contribution in [3.8, 4) is 0 Å². The van der Waals surface area contributed by atoms with Gasteiger partial charge >= 0.3 is 0 Å². The molecule has 0 radical (unpaired) electrons.